The number of anilines is 2. The molecule has 1 atom stereocenters. The largest absolute Gasteiger partial charge is 0.322 e. The fourth-order valence-electron chi connectivity index (χ4n) is 4.64. The van der Waals surface area contributed by atoms with Crippen molar-refractivity contribution >= 4 is 43.6 Å². The van der Waals surface area contributed by atoms with Crippen molar-refractivity contribution in [2.24, 2.45) is 11.3 Å². The molecule has 2 N–H and O–H groups in total. The van der Waals surface area contributed by atoms with E-state index in [0.717, 1.165) is 34.9 Å². The number of benzene rings is 2. The van der Waals surface area contributed by atoms with Crippen LogP contribution in [-0.2, 0) is 22.9 Å². The summed E-state index contributed by atoms with van der Waals surface area (Å²) in [6, 6.07) is 11.1. The Morgan fingerprint density at radius 2 is 1.78 bits per heavy atom. The third-order valence-electron chi connectivity index (χ3n) is 6.93. The number of hydrogen-bond donors (Lipinski definition) is 2. The van der Waals surface area contributed by atoms with Crippen LogP contribution in [0.3, 0.4) is 0 Å². The Bertz CT molecular complexity index is 1470. The topological polar surface area (TPSA) is 118 Å². The zero-order chi connectivity index (χ0) is 27.1. The molecule has 1 aliphatic carbocycles. The normalized spacial score (nSPS) is 15.6. The average Bonchev–Trinajstić information content (AvgIpc) is 3.16. The molecule has 196 valence electrons. The summed E-state index contributed by atoms with van der Waals surface area (Å²) in [4.78, 5) is 25.0. The van der Waals surface area contributed by atoms with Crippen LogP contribution in [0.4, 0.5) is 16.4 Å². The maximum Gasteiger partial charge on any atom is 0.270 e. The van der Waals surface area contributed by atoms with Crippen molar-refractivity contribution in [1.82, 2.24) is 0 Å². The van der Waals surface area contributed by atoms with E-state index in [1.807, 2.05) is 19.1 Å². The molecule has 1 heterocycles. The van der Waals surface area contributed by atoms with E-state index in [4.69, 9.17) is 0 Å². The number of carbonyl (C=O) groups excluding carboxylic acids is 1. The first kappa shape index (κ1) is 26.8. The lowest BCUT2D eigenvalue weighted by Gasteiger charge is -2.33. The Hall–Kier alpha value is -3.24. The highest BCUT2D eigenvalue weighted by atomic mass is 32.2. The molecule has 0 bridgehead atoms. The van der Waals surface area contributed by atoms with Crippen LogP contribution in [0.1, 0.15) is 59.1 Å². The predicted octanol–water partition coefficient (Wildman–Crippen LogP) is 6.48. The van der Waals surface area contributed by atoms with E-state index >= 15 is 0 Å². The standard InChI is InChI=1S/C27H31N3O5S2/c1-16-6-10-19(11-7-16)28-25(31)24-21-13-9-18(27(3,4)5)14-22(21)36-26(24)29-37(34,35)23-15-20(30(32)33)12-8-17(23)2/h6-8,10-12,15,18,29H,9,13-14H2,1-5H3,(H,28,31)/t18-/m1/s1. The number of nitrogens with one attached hydrogen (secondary N) is 2. The first-order valence-electron chi connectivity index (χ1n) is 12.1. The number of rotatable bonds is 6. The van der Waals surface area contributed by atoms with Crippen LogP contribution in [0.2, 0.25) is 0 Å². The molecule has 37 heavy (non-hydrogen) atoms. The van der Waals surface area contributed by atoms with Crippen molar-refractivity contribution in [2.75, 3.05) is 10.0 Å². The second kappa shape index (κ2) is 9.90. The second-order valence-corrected chi connectivity index (χ2v) is 13.4. The summed E-state index contributed by atoms with van der Waals surface area (Å²) in [5, 5.41) is 14.4. The minimum absolute atomic E-state index is 0.0752. The molecule has 0 aliphatic heterocycles. The lowest BCUT2D eigenvalue weighted by molar-refractivity contribution is -0.385. The van der Waals surface area contributed by atoms with Crippen molar-refractivity contribution in [3.63, 3.8) is 0 Å². The van der Waals surface area contributed by atoms with E-state index in [9.17, 15) is 23.3 Å². The SMILES string of the molecule is Cc1ccc(NC(=O)c2c(NS(=O)(=O)c3cc([N+](=O)[O-])ccc3C)sc3c2CC[C@@H](C(C)(C)C)C3)cc1. The Morgan fingerprint density at radius 1 is 1.11 bits per heavy atom. The van der Waals surface area contributed by atoms with Crippen molar-refractivity contribution in [1.29, 1.82) is 0 Å². The summed E-state index contributed by atoms with van der Waals surface area (Å²) < 4.78 is 29.5. The molecule has 1 aliphatic rings. The zero-order valence-electron chi connectivity index (χ0n) is 21.5. The summed E-state index contributed by atoms with van der Waals surface area (Å²) in [6.07, 6.45) is 2.32. The third-order valence-corrected chi connectivity index (χ3v) is 9.72. The van der Waals surface area contributed by atoms with Gasteiger partial charge in [-0.25, -0.2) is 8.42 Å². The quantitative estimate of drug-likeness (QED) is 0.274. The second-order valence-electron chi connectivity index (χ2n) is 10.6. The summed E-state index contributed by atoms with van der Waals surface area (Å²) in [5.41, 5.74) is 2.98. The van der Waals surface area contributed by atoms with E-state index in [2.05, 4.69) is 30.8 Å². The number of nitro benzene ring substituents is 1. The summed E-state index contributed by atoms with van der Waals surface area (Å²) in [6.45, 7) is 10.1. The van der Waals surface area contributed by atoms with Gasteiger partial charge in [0.25, 0.3) is 21.6 Å². The van der Waals surface area contributed by atoms with E-state index in [-0.39, 0.29) is 26.9 Å². The molecule has 0 saturated carbocycles. The molecule has 2 aromatic carbocycles. The molecular formula is C27H31N3O5S2. The number of fused-ring (bicyclic) bond motifs is 1. The molecule has 10 heteroatoms. The molecule has 8 nitrogen and oxygen atoms in total. The molecule has 1 aromatic heterocycles. The highest BCUT2D eigenvalue weighted by molar-refractivity contribution is 7.93. The number of thiophene rings is 1. The highest BCUT2D eigenvalue weighted by Gasteiger charge is 2.35. The van der Waals surface area contributed by atoms with Gasteiger partial charge in [-0.15, -0.1) is 11.3 Å². The van der Waals surface area contributed by atoms with Gasteiger partial charge >= 0.3 is 0 Å². The van der Waals surface area contributed by atoms with Crippen molar-refractivity contribution in [2.45, 2.75) is 58.8 Å². The van der Waals surface area contributed by atoms with Gasteiger partial charge in [-0.2, -0.15) is 0 Å². The summed E-state index contributed by atoms with van der Waals surface area (Å²) >= 11 is 1.28. The van der Waals surface area contributed by atoms with Crippen LogP contribution in [0.15, 0.2) is 47.4 Å². The van der Waals surface area contributed by atoms with E-state index < -0.39 is 14.9 Å². The van der Waals surface area contributed by atoms with Crippen molar-refractivity contribution in [3.8, 4) is 0 Å². The van der Waals surface area contributed by atoms with Gasteiger partial charge in [0.2, 0.25) is 0 Å². The van der Waals surface area contributed by atoms with Gasteiger partial charge in [0.1, 0.15) is 5.00 Å². The Kier molecular flexibility index (Phi) is 7.18. The fourth-order valence-corrected chi connectivity index (χ4v) is 7.53. The first-order chi connectivity index (χ1) is 17.3. The molecule has 0 fully saturated rings. The third kappa shape index (κ3) is 5.70. The molecule has 1 amide bonds. The number of hydrogen-bond acceptors (Lipinski definition) is 6. The van der Waals surface area contributed by atoms with Gasteiger partial charge < -0.3 is 5.32 Å². The highest BCUT2D eigenvalue weighted by Crippen LogP contribution is 2.45. The van der Waals surface area contributed by atoms with Crippen LogP contribution < -0.4 is 10.0 Å². The van der Waals surface area contributed by atoms with Gasteiger partial charge in [0.15, 0.2) is 0 Å². The van der Waals surface area contributed by atoms with Gasteiger partial charge in [-0.1, -0.05) is 44.5 Å². The molecule has 0 unspecified atom stereocenters. The van der Waals surface area contributed by atoms with Gasteiger partial charge in [-0.3, -0.25) is 19.6 Å². The maximum absolute atomic E-state index is 13.5. The van der Waals surface area contributed by atoms with Crippen molar-refractivity contribution < 1.29 is 18.1 Å². The van der Waals surface area contributed by atoms with Gasteiger partial charge in [0.05, 0.1) is 15.4 Å². The molecule has 0 saturated heterocycles. The number of nitrogens with zero attached hydrogens (tertiary/aromatic N) is 1. The van der Waals surface area contributed by atoms with E-state index in [1.54, 1.807) is 19.1 Å². The number of nitro groups is 1. The maximum atomic E-state index is 13.5. The molecule has 0 spiro atoms. The van der Waals surface area contributed by atoms with Crippen LogP contribution in [0, 0.1) is 35.3 Å². The number of aryl methyl sites for hydroxylation is 2. The monoisotopic (exact) mass is 541 g/mol. The van der Waals surface area contributed by atoms with Crippen LogP contribution in [0.25, 0.3) is 0 Å². The summed E-state index contributed by atoms with van der Waals surface area (Å²) in [5.74, 6) is 0.0131. The predicted molar refractivity (Wildman–Crippen MR) is 147 cm³/mol. The minimum Gasteiger partial charge on any atom is -0.322 e. The zero-order valence-corrected chi connectivity index (χ0v) is 23.2. The minimum atomic E-state index is -4.20. The Morgan fingerprint density at radius 3 is 2.41 bits per heavy atom. The van der Waals surface area contributed by atoms with Gasteiger partial charge in [0, 0.05) is 22.7 Å². The van der Waals surface area contributed by atoms with Crippen LogP contribution in [0.5, 0.6) is 0 Å². The molecule has 0 radical (unpaired) electrons. The van der Waals surface area contributed by atoms with Crippen LogP contribution in [-0.4, -0.2) is 19.2 Å². The number of non-ortho nitro benzene ring substituents is 1. The Labute approximate surface area is 221 Å². The summed E-state index contributed by atoms with van der Waals surface area (Å²) in [7, 11) is -4.20. The van der Waals surface area contributed by atoms with Gasteiger partial charge in [-0.05, 0) is 67.7 Å². The smallest absolute Gasteiger partial charge is 0.270 e. The number of carbonyl (C=O) groups is 1. The first-order valence-corrected chi connectivity index (χ1v) is 14.4. The lowest BCUT2D eigenvalue weighted by Crippen LogP contribution is -2.27. The molecular weight excluding hydrogens is 510 g/mol. The van der Waals surface area contributed by atoms with Crippen molar-refractivity contribution in [3.05, 3.63) is 79.7 Å². The average molecular weight is 542 g/mol. The lowest BCUT2D eigenvalue weighted by atomic mass is 9.72. The fraction of sp³-hybridized carbons (Fsp3) is 0.370. The number of amides is 1. The molecule has 3 aromatic rings. The number of sulfonamides is 1. The Balaban J connectivity index is 1.76. The van der Waals surface area contributed by atoms with E-state index in [0.29, 0.717) is 29.2 Å². The molecule has 4 rings (SSSR count). The van der Waals surface area contributed by atoms with E-state index in [1.165, 1.54) is 23.5 Å². The van der Waals surface area contributed by atoms with Crippen LogP contribution >= 0.6 is 11.3 Å².